The van der Waals surface area contributed by atoms with E-state index in [4.69, 9.17) is 4.74 Å². The van der Waals surface area contributed by atoms with Crippen LogP contribution in [0.25, 0.3) is 0 Å². The van der Waals surface area contributed by atoms with Gasteiger partial charge in [-0.3, -0.25) is 9.79 Å². The smallest absolute Gasteiger partial charge is 0.221 e. The molecule has 1 amide bonds. The predicted octanol–water partition coefficient (Wildman–Crippen LogP) is 1.50. The number of rotatable bonds is 8. The summed E-state index contributed by atoms with van der Waals surface area (Å²) in [6.45, 7) is 11.7. The molecule has 0 rings (SSSR count). The Morgan fingerprint density at radius 2 is 1.90 bits per heavy atom. The lowest BCUT2D eigenvalue weighted by molar-refractivity contribution is -0.121. The predicted molar refractivity (Wildman–Crippen MR) is 98.4 cm³/mol. The molecule has 0 radical (unpaired) electrons. The van der Waals surface area contributed by atoms with Crippen LogP contribution in [0, 0.1) is 0 Å². The first kappa shape index (κ1) is 22.7. The van der Waals surface area contributed by atoms with Crippen molar-refractivity contribution in [1.29, 1.82) is 0 Å². The molecule has 126 valence electrons. The summed E-state index contributed by atoms with van der Waals surface area (Å²) >= 11 is 0. The maximum Gasteiger partial charge on any atom is 0.221 e. The fraction of sp³-hybridized carbons (Fsp3) is 0.857. The van der Waals surface area contributed by atoms with Gasteiger partial charge in [-0.15, -0.1) is 24.0 Å². The number of halogens is 1. The summed E-state index contributed by atoms with van der Waals surface area (Å²) in [6, 6.07) is 0.173. The number of nitrogens with one attached hydrogen (secondary N) is 3. The Morgan fingerprint density at radius 3 is 2.38 bits per heavy atom. The highest BCUT2D eigenvalue weighted by Gasteiger charge is 2.15. The Morgan fingerprint density at radius 1 is 1.29 bits per heavy atom. The van der Waals surface area contributed by atoms with Crippen LogP contribution in [0.4, 0.5) is 0 Å². The Bertz CT molecular complexity index is 320. The van der Waals surface area contributed by atoms with E-state index in [0.717, 1.165) is 6.54 Å². The summed E-state index contributed by atoms with van der Waals surface area (Å²) in [5.74, 6) is 0.746. The van der Waals surface area contributed by atoms with E-state index in [2.05, 4.69) is 20.9 Å². The van der Waals surface area contributed by atoms with Crippen LogP contribution in [0.1, 0.15) is 41.0 Å². The van der Waals surface area contributed by atoms with Gasteiger partial charge in [0.2, 0.25) is 5.91 Å². The summed E-state index contributed by atoms with van der Waals surface area (Å²) in [5, 5.41) is 9.14. The lowest BCUT2D eigenvalue weighted by Gasteiger charge is -2.21. The van der Waals surface area contributed by atoms with Crippen molar-refractivity contribution < 1.29 is 9.53 Å². The molecule has 0 atom stereocenters. The summed E-state index contributed by atoms with van der Waals surface area (Å²) in [4.78, 5) is 16.0. The molecule has 0 saturated carbocycles. The van der Waals surface area contributed by atoms with Crippen LogP contribution >= 0.6 is 24.0 Å². The maximum absolute atomic E-state index is 11.5. The van der Waals surface area contributed by atoms with Gasteiger partial charge in [0.15, 0.2) is 5.96 Å². The normalized spacial score (nSPS) is 11.9. The van der Waals surface area contributed by atoms with Gasteiger partial charge in [-0.25, -0.2) is 0 Å². The lowest BCUT2D eigenvalue weighted by atomic mass is 10.1. The summed E-state index contributed by atoms with van der Waals surface area (Å²) in [7, 11) is 1.67. The van der Waals surface area contributed by atoms with Crippen LogP contribution < -0.4 is 16.0 Å². The fourth-order valence-electron chi connectivity index (χ4n) is 1.36. The number of methoxy groups -OCH3 is 1. The largest absolute Gasteiger partial charge is 0.377 e. The zero-order valence-corrected chi connectivity index (χ0v) is 16.4. The standard InChI is InChI=1S/C14H30N4O2.HI/c1-7-15-13(17-10-14(4,5)20-6)16-9-8-12(19)18-11(2)3;/h11H,7-10H2,1-6H3,(H,18,19)(H2,15,16,17);1H. The molecule has 0 spiro atoms. The Balaban J connectivity index is 0. The topological polar surface area (TPSA) is 74.8 Å². The first-order valence-corrected chi connectivity index (χ1v) is 7.17. The van der Waals surface area contributed by atoms with E-state index in [0.29, 0.717) is 25.5 Å². The molecule has 0 aliphatic heterocycles. The van der Waals surface area contributed by atoms with E-state index >= 15 is 0 Å². The number of carbonyl (C=O) groups excluding carboxylic acids is 1. The Hall–Kier alpha value is -0.570. The number of guanidine groups is 1. The molecule has 0 aromatic carbocycles. The molecule has 0 aromatic rings. The van der Waals surface area contributed by atoms with Crippen LogP contribution in [0.15, 0.2) is 4.99 Å². The molecule has 6 nitrogen and oxygen atoms in total. The Labute approximate surface area is 145 Å². The molecule has 0 unspecified atom stereocenters. The van der Waals surface area contributed by atoms with Gasteiger partial charge in [-0.05, 0) is 34.6 Å². The molecule has 0 aromatic heterocycles. The molecule has 0 aliphatic carbocycles. The van der Waals surface area contributed by atoms with Crippen molar-refractivity contribution in [3.05, 3.63) is 0 Å². The monoisotopic (exact) mass is 414 g/mol. The average molecular weight is 414 g/mol. The molecular weight excluding hydrogens is 383 g/mol. The number of hydrogen-bond acceptors (Lipinski definition) is 3. The molecule has 0 fully saturated rings. The van der Waals surface area contributed by atoms with Crippen LogP contribution in [0.3, 0.4) is 0 Å². The fourth-order valence-corrected chi connectivity index (χ4v) is 1.36. The van der Waals surface area contributed by atoms with Gasteiger partial charge in [-0.2, -0.15) is 0 Å². The third kappa shape index (κ3) is 12.9. The number of ether oxygens (including phenoxy) is 1. The zero-order valence-electron chi connectivity index (χ0n) is 14.1. The highest BCUT2D eigenvalue weighted by Crippen LogP contribution is 2.06. The van der Waals surface area contributed by atoms with E-state index in [1.165, 1.54) is 0 Å². The van der Waals surface area contributed by atoms with Crippen molar-refractivity contribution in [2.45, 2.75) is 52.7 Å². The first-order chi connectivity index (χ1) is 9.30. The van der Waals surface area contributed by atoms with Gasteiger partial charge in [-0.1, -0.05) is 0 Å². The van der Waals surface area contributed by atoms with Crippen LogP contribution in [-0.2, 0) is 9.53 Å². The van der Waals surface area contributed by atoms with Crippen LogP contribution in [0.5, 0.6) is 0 Å². The van der Waals surface area contributed by atoms with Crippen LogP contribution in [-0.4, -0.2) is 50.3 Å². The lowest BCUT2D eigenvalue weighted by Crippen LogP contribution is -2.41. The second-order valence-electron chi connectivity index (χ2n) is 5.56. The number of nitrogens with zero attached hydrogens (tertiary/aromatic N) is 1. The van der Waals surface area contributed by atoms with E-state index in [1.807, 2.05) is 34.6 Å². The quantitative estimate of drug-likeness (QED) is 0.320. The van der Waals surface area contributed by atoms with Gasteiger partial charge in [0.1, 0.15) is 0 Å². The van der Waals surface area contributed by atoms with Crippen molar-refractivity contribution in [3.63, 3.8) is 0 Å². The van der Waals surface area contributed by atoms with Crippen molar-refractivity contribution in [1.82, 2.24) is 16.0 Å². The van der Waals surface area contributed by atoms with E-state index in [1.54, 1.807) is 7.11 Å². The number of aliphatic imine (C=N–C) groups is 1. The van der Waals surface area contributed by atoms with Crippen molar-refractivity contribution in [2.75, 3.05) is 26.7 Å². The van der Waals surface area contributed by atoms with E-state index in [-0.39, 0.29) is 41.5 Å². The van der Waals surface area contributed by atoms with Crippen molar-refractivity contribution in [2.24, 2.45) is 4.99 Å². The SMILES string of the molecule is CCNC(=NCC(C)(C)OC)NCCC(=O)NC(C)C.I. The highest BCUT2D eigenvalue weighted by atomic mass is 127. The molecule has 3 N–H and O–H groups in total. The molecular formula is C14H31IN4O2. The zero-order chi connectivity index (χ0) is 15.6. The first-order valence-electron chi connectivity index (χ1n) is 7.17. The van der Waals surface area contributed by atoms with Gasteiger partial charge in [0, 0.05) is 32.7 Å². The van der Waals surface area contributed by atoms with Gasteiger partial charge < -0.3 is 20.7 Å². The van der Waals surface area contributed by atoms with Crippen molar-refractivity contribution in [3.8, 4) is 0 Å². The van der Waals surface area contributed by atoms with Gasteiger partial charge in [0.05, 0.1) is 12.1 Å². The number of amides is 1. The van der Waals surface area contributed by atoms with E-state index < -0.39 is 0 Å². The Kier molecular flexibility index (Phi) is 13.0. The highest BCUT2D eigenvalue weighted by molar-refractivity contribution is 14.0. The molecule has 7 heteroatoms. The van der Waals surface area contributed by atoms with E-state index in [9.17, 15) is 4.79 Å². The van der Waals surface area contributed by atoms with Crippen LogP contribution in [0.2, 0.25) is 0 Å². The second kappa shape index (κ2) is 12.0. The molecule has 21 heavy (non-hydrogen) atoms. The molecule has 0 aliphatic rings. The summed E-state index contributed by atoms with van der Waals surface area (Å²) in [6.07, 6.45) is 0.427. The minimum Gasteiger partial charge on any atom is -0.377 e. The number of hydrogen-bond donors (Lipinski definition) is 3. The number of carbonyl (C=O) groups is 1. The minimum absolute atomic E-state index is 0. The van der Waals surface area contributed by atoms with Gasteiger partial charge >= 0.3 is 0 Å². The maximum atomic E-state index is 11.5. The average Bonchev–Trinajstić information content (AvgIpc) is 2.35. The molecule has 0 bridgehead atoms. The summed E-state index contributed by atoms with van der Waals surface area (Å²) < 4.78 is 5.33. The summed E-state index contributed by atoms with van der Waals surface area (Å²) in [5.41, 5.74) is -0.294. The van der Waals surface area contributed by atoms with Crippen molar-refractivity contribution >= 4 is 35.8 Å². The van der Waals surface area contributed by atoms with Gasteiger partial charge in [0.25, 0.3) is 0 Å². The third-order valence-corrected chi connectivity index (χ3v) is 2.61. The molecule has 0 saturated heterocycles. The minimum atomic E-state index is -0.294. The third-order valence-electron chi connectivity index (χ3n) is 2.61. The second-order valence-corrected chi connectivity index (χ2v) is 5.56. The molecule has 0 heterocycles.